The average molecular weight is 407 g/mol. The van der Waals surface area contributed by atoms with Crippen molar-refractivity contribution in [2.75, 3.05) is 6.61 Å². The lowest BCUT2D eigenvalue weighted by atomic mass is 10.1. The number of benzene rings is 1. The van der Waals surface area contributed by atoms with Crippen LogP contribution in [0.3, 0.4) is 0 Å². The first kappa shape index (κ1) is 18.0. The highest BCUT2D eigenvalue weighted by Gasteiger charge is 2.09. The van der Waals surface area contributed by atoms with Gasteiger partial charge >= 0.3 is 0 Å². The van der Waals surface area contributed by atoms with E-state index in [1.807, 2.05) is 0 Å². The molecule has 0 aliphatic rings. The second-order valence-corrected chi connectivity index (χ2v) is 7.52. The van der Waals surface area contributed by atoms with E-state index in [1.165, 1.54) is 12.0 Å². The zero-order valence-corrected chi connectivity index (χ0v) is 16.0. The maximum absolute atomic E-state index is 5.88. The largest absolute Gasteiger partial charge is 0.491 e. The summed E-state index contributed by atoms with van der Waals surface area (Å²) < 4.78 is 7.91. The number of hydrogen-bond donors (Lipinski definition) is 1. The minimum atomic E-state index is 0.486. The van der Waals surface area contributed by atoms with Gasteiger partial charge < -0.3 is 10.1 Å². The molecule has 0 atom stereocenters. The molecule has 1 N–H and O–H groups in total. The van der Waals surface area contributed by atoms with Gasteiger partial charge in [-0.25, -0.2) is 0 Å². The first-order valence-electron chi connectivity index (χ1n) is 7.24. The Labute approximate surface area is 139 Å². The summed E-state index contributed by atoms with van der Waals surface area (Å²) in [5.74, 6) is 1.64. The molecule has 1 aromatic rings. The molecule has 0 spiro atoms. The predicted molar refractivity (Wildman–Crippen MR) is 93.4 cm³/mol. The third-order valence-corrected chi connectivity index (χ3v) is 4.12. The SMILES string of the molecule is CC(C)CCCOc1c(Br)cc(CNC(C)C)cc1Br. The molecular weight excluding hydrogens is 382 g/mol. The molecule has 2 nitrogen and oxygen atoms in total. The molecule has 0 bridgehead atoms. The maximum atomic E-state index is 5.88. The van der Waals surface area contributed by atoms with Gasteiger partial charge in [0.05, 0.1) is 15.6 Å². The van der Waals surface area contributed by atoms with Crippen molar-refractivity contribution in [2.24, 2.45) is 5.92 Å². The number of nitrogens with one attached hydrogen (secondary N) is 1. The molecule has 0 aromatic heterocycles. The molecule has 0 fully saturated rings. The zero-order chi connectivity index (χ0) is 15.1. The Kier molecular flexibility index (Phi) is 8.15. The lowest BCUT2D eigenvalue weighted by Gasteiger charge is -2.14. The molecule has 0 aliphatic heterocycles. The van der Waals surface area contributed by atoms with E-state index in [1.54, 1.807) is 0 Å². The fourth-order valence-corrected chi connectivity index (χ4v) is 3.35. The molecule has 0 heterocycles. The van der Waals surface area contributed by atoms with Crippen molar-refractivity contribution in [1.82, 2.24) is 5.32 Å². The minimum Gasteiger partial charge on any atom is -0.491 e. The normalized spacial score (nSPS) is 11.4. The number of ether oxygens (including phenoxy) is 1. The first-order valence-corrected chi connectivity index (χ1v) is 8.82. The van der Waals surface area contributed by atoms with Crippen LogP contribution in [0.4, 0.5) is 0 Å². The van der Waals surface area contributed by atoms with Gasteiger partial charge in [0.1, 0.15) is 5.75 Å². The Morgan fingerprint density at radius 1 is 1.10 bits per heavy atom. The van der Waals surface area contributed by atoms with Crippen LogP contribution in [0.25, 0.3) is 0 Å². The fourth-order valence-electron chi connectivity index (χ4n) is 1.84. The summed E-state index contributed by atoms with van der Waals surface area (Å²) in [7, 11) is 0. The van der Waals surface area contributed by atoms with Crippen molar-refractivity contribution < 1.29 is 4.74 Å². The highest BCUT2D eigenvalue weighted by molar-refractivity contribution is 9.11. The molecular formula is C16H25Br2NO. The van der Waals surface area contributed by atoms with Crippen LogP contribution in [-0.4, -0.2) is 12.6 Å². The zero-order valence-electron chi connectivity index (χ0n) is 12.8. The summed E-state index contributed by atoms with van der Waals surface area (Å²) in [5.41, 5.74) is 1.24. The van der Waals surface area contributed by atoms with Gasteiger partial charge in [0.25, 0.3) is 0 Å². The second kappa shape index (κ2) is 9.06. The molecule has 4 heteroatoms. The Morgan fingerprint density at radius 2 is 1.70 bits per heavy atom. The van der Waals surface area contributed by atoms with Gasteiger partial charge in [0, 0.05) is 12.6 Å². The summed E-state index contributed by atoms with van der Waals surface area (Å²) in [5, 5.41) is 3.42. The van der Waals surface area contributed by atoms with E-state index in [-0.39, 0.29) is 0 Å². The Balaban J connectivity index is 2.59. The molecule has 0 unspecified atom stereocenters. The van der Waals surface area contributed by atoms with Gasteiger partial charge in [-0.3, -0.25) is 0 Å². The van der Waals surface area contributed by atoms with E-state index >= 15 is 0 Å². The number of hydrogen-bond acceptors (Lipinski definition) is 2. The van der Waals surface area contributed by atoms with Crippen LogP contribution >= 0.6 is 31.9 Å². The highest BCUT2D eigenvalue weighted by Crippen LogP contribution is 2.35. The van der Waals surface area contributed by atoms with Gasteiger partial charge in [0.15, 0.2) is 0 Å². The molecule has 0 saturated heterocycles. The summed E-state index contributed by atoms with van der Waals surface area (Å²) in [4.78, 5) is 0. The fraction of sp³-hybridized carbons (Fsp3) is 0.625. The van der Waals surface area contributed by atoms with E-state index in [4.69, 9.17) is 4.74 Å². The maximum Gasteiger partial charge on any atom is 0.147 e. The van der Waals surface area contributed by atoms with Crippen molar-refractivity contribution in [1.29, 1.82) is 0 Å². The van der Waals surface area contributed by atoms with Gasteiger partial charge in [-0.2, -0.15) is 0 Å². The second-order valence-electron chi connectivity index (χ2n) is 5.81. The Hall–Kier alpha value is -0.0600. The van der Waals surface area contributed by atoms with Gasteiger partial charge in [0.2, 0.25) is 0 Å². The molecule has 0 amide bonds. The van der Waals surface area contributed by atoms with Crippen LogP contribution in [0.2, 0.25) is 0 Å². The van der Waals surface area contributed by atoms with Gasteiger partial charge in [-0.15, -0.1) is 0 Å². The third kappa shape index (κ3) is 6.59. The summed E-state index contributed by atoms with van der Waals surface area (Å²) in [6.45, 7) is 10.4. The standard InChI is InChI=1S/C16H25Br2NO/c1-11(2)6-5-7-20-16-14(17)8-13(9-15(16)18)10-19-12(3)4/h8-9,11-12,19H,5-7,10H2,1-4H3. The lowest BCUT2D eigenvalue weighted by Crippen LogP contribution is -2.21. The summed E-state index contributed by atoms with van der Waals surface area (Å²) in [6.07, 6.45) is 2.29. The topological polar surface area (TPSA) is 21.3 Å². The molecule has 0 radical (unpaired) electrons. The van der Waals surface area contributed by atoms with Crippen LogP contribution in [0.1, 0.15) is 46.1 Å². The van der Waals surface area contributed by atoms with E-state index in [9.17, 15) is 0 Å². The summed E-state index contributed by atoms with van der Waals surface area (Å²) >= 11 is 7.21. The predicted octanol–water partition coefficient (Wildman–Crippen LogP) is 5.52. The Morgan fingerprint density at radius 3 is 2.20 bits per heavy atom. The lowest BCUT2D eigenvalue weighted by molar-refractivity contribution is 0.294. The molecule has 0 aliphatic carbocycles. The molecule has 114 valence electrons. The average Bonchev–Trinajstić information content (AvgIpc) is 2.34. The Bertz CT molecular complexity index is 396. The monoisotopic (exact) mass is 405 g/mol. The van der Waals surface area contributed by atoms with E-state index in [0.29, 0.717) is 6.04 Å². The van der Waals surface area contributed by atoms with Crippen molar-refractivity contribution in [3.8, 4) is 5.75 Å². The smallest absolute Gasteiger partial charge is 0.147 e. The minimum absolute atomic E-state index is 0.486. The van der Waals surface area contributed by atoms with Crippen LogP contribution in [0.5, 0.6) is 5.75 Å². The number of rotatable bonds is 8. The molecule has 1 aromatic carbocycles. The van der Waals surface area contributed by atoms with Crippen molar-refractivity contribution >= 4 is 31.9 Å². The molecule has 1 rings (SSSR count). The third-order valence-electron chi connectivity index (χ3n) is 2.94. The quantitative estimate of drug-likeness (QED) is 0.573. The van der Waals surface area contributed by atoms with Crippen molar-refractivity contribution in [3.05, 3.63) is 26.6 Å². The van der Waals surface area contributed by atoms with Crippen LogP contribution in [0.15, 0.2) is 21.1 Å². The molecule has 0 saturated carbocycles. The van der Waals surface area contributed by atoms with E-state index in [2.05, 4.69) is 77.0 Å². The van der Waals surface area contributed by atoms with E-state index in [0.717, 1.165) is 40.2 Å². The summed E-state index contributed by atoms with van der Waals surface area (Å²) in [6, 6.07) is 4.73. The van der Waals surface area contributed by atoms with Crippen LogP contribution in [-0.2, 0) is 6.54 Å². The van der Waals surface area contributed by atoms with Crippen LogP contribution < -0.4 is 10.1 Å². The van der Waals surface area contributed by atoms with E-state index < -0.39 is 0 Å². The van der Waals surface area contributed by atoms with Gasteiger partial charge in [-0.1, -0.05) is 27.7 Å². The van der Waals surface area contributed by atoms with Gasteiger partial charge in [-0.05, 0) is 68.3 Å². The highest BCUT2D eigenvalue weighted by atomic mass is 79.9. The van der Waals surface area contributed by atoms with Crippen molar-refractivity contribution in [3.63, 3.8) is 0 Å². The number of halogens is 2. The van der Waals surface area contributed by atoms with Crippen molar-refractivity contribution in [2.45, 2.75) is 53.1 Å². The van der Waals surface area contributed by atoms with Crippen LogP contribution in [0, 0.1) is 5.92 Å². The molecule has 20 heavy (non-hydrogen) atoms. The first-order chi connectivity index (χ1) is 9.40.